The van der Waals surface area contributed by atoms with Gasteiger partial charge in [0, 0.05) is 11.9 Å². The van der Waals surface area contributed by atoms with Gasteiger partial charge in [0.2, 0.25) is 5.91 Å². The number of thiazole rings is 1. The van der Waals surface area contributed by atoms with Crippen molar-refractivity contribution >= 4 is 28.3 Å². The van der Waals surface area contributed by atoms with Gasteiger partial charge in [0.05, 0.1) is 13.2 Å². The molecule has 1 amide bonds. The van der Waals surface area contributed by atoms with Gasteiger partial charge in [-0.3, -0.25) is 4.79 Å². The van der Waals surface area contributed by atoms with Crippen LogP contribution >= 0.6 is 11.3 Å². The zero-order valence-electron chi connectivity index (χ0n) is 9.78. The predicted molar refractivity (Wildman–Crippen MR) is 65.2 cm³/mol. The van der Waals surface area contributed by atoms with Crippen molar-refractivity contribution in [2.75, 3.05) is 25.0 Å². The van der Waals surface area contributed by atoms with Crippen molar-refractivity contribution in [2.24, 2.45) is 0 Å². The summed E-state index contributed by atoms with van der Waals surface area (Å²) in [5, 5.41) is 7.61. The van der Waals surface area contributed by atoms with E-state index in [9.17, 15) is 9.59 Å². The number of nitrogens with zero attached hydrogens (tertiary/aromatic N) is 1. The number of carbonyl (C=O) groups excluding carboxylic acids is 2. The van der Waals surface area contributed by atoms with Gasteiger partial charge >= 0.3 is 5.97 Å². The van der Waals surface area contributed by atoms with Crippen molar-refractivity contribution in [2.45, 2.75) is 13.8 Å². The summed E-state index contributed by atoms with van der Waals surface area (Å²) in [5.41, 5.74) is 0.259. The van der Waals surface area contributed by atoms with E-state index in [0.29, 0.717) is 18.3 Å². The molecular formula is C10H15N3O3S. The third kappa shape index (κ3) is 4.39. The molecule has 1 heterocycles. The van der Waals surface area contributed by atoms with E-state index >= 15 is 0 Å². The molecule has 0 unspecified atom stereocenters. The summed E-state index contributed by atoms with van der Waals surface area (Å²) in [6, 6.07) is 0. The Bertz CT molecular complexity index is 392. The van der Waals surface area contributed by atoms with E-state index in [0.717, 1.165) is 0 Å². The second-order valence-corrected chi connectivity index (χ2v) is 3.92. The van der Waals surface area contributed by atoms with Gasteiger partial charge in [0.1, 0.15) is 0 Å². The highest BCUT2D eigenvalue weighted by Gasteiger charge is 2.11. The van der Waals surface area contributed by atoms with Crippen LogP contribution in [0.2, 0.25) is 0 Å². The maximum absolute atomic E-state index is 11.3. The molecule has 0 atom stereocenters. The number of anilines is 1. The molecule has 2 N–H and O–H groups in total. The molecule has 0 spiro atoms. The molecule has 1 aromatic rings. The largest absolute Gasteiger partial charge is 0.461 e. The summed E-state index contributed by atoms with van der Waals surface area (Å²) in [7, 11) is 0. The van der Waals surface area contributed by atoms with Crippen LogP contribution in [0.4, 0.5) is 5.13 Å². The van der Waals surface area contributed by atoms with E-state index in [1.807, 2.05) is 6.92 Å². The lowest BCUT2D eigenvalue weighted by atomic mass is 10.5. The minimum absolute atomic E-state index is 0.111. The highest BCUT2D eigenvalue weighted by atomic mass is 32.1. The van der Waals surface area contributed by atoms with E-state index in [-0.39, 0.29) is 18.1 Å². The molecule has 0 aliphatic rings. The highest BCUT2D eigenvalue weighted by Crippen LogP contribution is 2.15. The van der Waals surface area contributed by atoms with Crippen molar-refractivity contribution in [1.29, 1.82) is 0 Å². The van der Waals surface area contributed by atoms with Gasteiger partial charge < -0.3 is 15.4 Å². The smallest absolute Gasteiger partial charge is 0.357 e. The van der Waals surface area contributed by atoms with Gasteiger partial charge in [-0.05, 0) is 13.8 Å². The van der Waals surface area contributed by atoms with Crippen LogP contribution in [0, 0.1) is 0 Å². The molecule has 0 bridgehead atoms. The molecule has 0 aliphatic heterocycles. The Hall–Kier alpha value is -1.63. The number of rotatable bonds is 6. The lowest BCUT2D eigenvalue weighted by molar-refractivity contribution is -0.119. The molecule has 0 aromatic carbocycles. The summed E-state index contributed by atoms with van der Waals surface area (Å²) in [6.07, 6.45) is 0. The molecule has 0 aliphatic carbocycles. The molecule has 0 fully saturated rings. The standard InChI is InChI=1S/C10H15N3O3S/c1-3-11-8(14)5-12-10-13-7(6-17-10)9(15)16-4-2/h6H,3-5H2,1-2H3,(H,11,14)(H,12,13). The lowest BCUT2D eigenvalue weighted by Gasteiger charge is -2.02. The number of carbonyl (C=O) groups is 2. The molecule has 6 nitrogen and oxygen atoms in total. The molecule has 17 heavy (non-hydrogen) atoms. The maximum Gasteiger partial charge on any atom is 0.357 e. The summed E-state index contributed by atoms with van der Waals surface area (Å²) in [6.45, 7) is 4.63. The Kier molecular flexibility index (Phi) is 5.41. The molecule has 0 saturated heterocycles. The third-order valence-electron chi connectivity index (χ3n) is 1.76. The van der Waals surface area contributed by atoms with Crippen LogP contribution in [0.15, 0.2) is 5.38 Å². The first-order valence-corrected chi connectivity index (χ1v) is 6.18. The summed E-state index contributed by atoms with van der Waals surface area (Å²) in [4.78, 5) is 26.5. The molecule has 94 valence electrons. The monoisotopic (exact) mass is 257 g/mol. The van der Waals surface area contributed by atoms with E-state index < -0.39 is 5.97 Å². The van der Waals surface area contributed by atoms with E-state index in [1.165, 1.54) is 11.3 Å². The Morgan fingerprint density at radius 3 is 2.88 bits per heavy atom. The fourth-order valence-electron chi connectivity index (χ4n) is 1.07. The number of nitrogens with one attached hydrogen (secondary N) is 2. The SMILES string of the molecule is CCNC(=O)CNc1nc(C(=O)OCC)cs1. The average Bonchev–Trinajstić information content (AvgIpc) is 2.76. The number of ether oxygens (including phenoxy) is 1. The lowest BCUT2D eigenvalue weighted by Crippen LogP contribution is -2.29. The quantitative estimate of drug-likeness (QED) is 0.739. The first-order chi connectivity index (χ1) is 8.17. The van der Waals surface area contributed by atoms with Gasteiger partial charge in [-0.15, -0.1) is 11.3 Å². The zero-order chi connectivity index (χ0) is 12.7. The Balaban J connectivity index is 2.45. The van der Waals surface area contributed by atoms with Crippen molar-refractivity contribution < 1.29 is 14.3 Å². The van der Waals surface area contributed by atoms with Gasteiger partial charge in [0.25, 0.3) is 0 Å². The first kappa shape index (κ1) is 13.4. The van der Waals surface area contributed by atoms with Crippen molar-refractivity contribution in [3.05, 3.63) is 11.1 Å². The normalized spacial score (nSPS) is 9.76. The Morgan fingerprint density at radius 2 is 2.24 bits per heavy atom. The van der Waals surface area contributed by atoms with Crippen LogP contribution in [0.1, 0.15) is 24.3 Å². The second kappa shape index (κ2) is 6.85. The van der Waals surface area contributed by atoms with Crippen molar-refractivity contribution in [1.82, 2.24) is 10.3 Å². The predicted octanol–water partition coefficient (Wildman–Crippen LogP) is 0.868. The number of hydrogen-bond acceptors (Lipinski definition) is 6. The van der Waals surface area contributed by atoms with Crippen LogP contribution in [-0.2, 0) is 9.53 Å². The van der Waals surface area contributed by atoms with Crippen LogP contribution in [-0.4, -0.2) is 36.6 Å². The van der Waals surface area contributed by atoms with Gasteiger partial charge in [-0.2, -0.15) is 0 Å². The molecule has 0 radical (unpaired) electrons. The summed E-state index contributed by atoms with van der Waals surface area (Å²) < 4.78 is 4.80. The minimum Gasteiger partial charge on any atom is -0.461 e. The number of esters is 1. The molecule has 1 rings (SSSR count). The molecular weight excluding hydrogens is 242 g/mol. The van der Waals surface area contributed by atoms with Crippen LogP contribution in [0.25, 0.3) is 0 Å². The molecule has 7 heteroatoms. The number of likely N-dealkylation sites (N-methyl/N-ethyl adjacent to an activating group) is 1. The van der Waals surface area contributed by atoms with Crippen LogP contribution in [0.5, 0.6) is 0 Å². The van der Waals surface area contributed by atoms with Gasteiger partial charge in [-0.25, -0.2) is 9.78 Å². The van der Waals surface area contributed by atoms with Crippen LogP contribution in [0.3, 0.4) is 0 Å². The first-order valence-electron chi connectivity index (χ1n) is 5.30. The van der Waals surface area contributed by atoms with E-state index in [4.69, 9.17) is 4.74 Å². The average molecular weight is 257 g/mol. The van der Waals surface area contributed by atoms with E-state index in [1.54, 1.807) is 12.3 Å². The Labute approximate surface area is 103 Å². The van der Waals surface area contributed by atoms with Crippen molar-refractivity contribution in [3.8, 4) is 0 Å². The highest BCUT2D eigenvalue weighted by molar-refractivity contribution is 7.13. The maximum atomic E-state index is 11.3. The zero-order valence-corrected chi connectivity index (χ0v) is 10.6. The van der Waals surface area contributed by atoms with Crippen molar-refractivity contribution in [3.63, 3.8) is 0 Å². The molecule has 1 aromatic heterocycles. The summed E-state index contributed by atoms with van der Waals surface area (Å²) >= 11 is 1.26. The van der Waals surface area contributed by atoms with Crippen LogP contribution < -0.4 is 10.6 Å². The Morgan fingerprint density at radius 1 is 1.47 bits per heavy atom. The van der Waals surface area contributed by atoms with E-state index in [2.05, 4.69) is 15.6 Å². The number of hydrogen-bond donors (Lipinski definition) is 2. The molecule has 0 saturated carbocycles. The van der Waals surface area contributed by atoms with Gasteiger partial charge in [0.15, 0.2) is 10.8 Å². The fraction of sp³-hybridized carbons (Fsp3) is 0.500. The third-order valence-corrected chi connectivity index (χ3v) is 2.56. The summed E-state index contributed by atoms with van der Waals surface area (Å²) in [5.74, 6) is -0.560. The minimum atomic E-state index is -0.449. The fourth-order valence-corrected chi connectivity index (χ4v) is 1.75. The van der Waals surface area contributed by atoms with Gasteiger partial charge in [-0.1, -0.05) is 0 Å². The topological polar surface area (TPSA) is 80.3 Å². The second-order valence-electron chi connectivity index (χ2n) is 3.07. The number of aromatic nitrogens is 1. The number of amides is 1.